The van der Waals surface area contributed by atoms with E-state index in [-0.39, 0.29) is 0 Å². The van der Waals surface area contributed by atoms with E-state index in [4.69, 9.17) is 19.4 Å². The van der Waals surface area contributed by atoms with Crippen LogP contribution in [0, 0.1) is 0 Å². The van der Waals surface area contributed by atoms with Crippen molar-refractivity contribution in [2.45, 2.75) is 0 Å². The molecule has 0 saturated heterocycles. The van der Waals surface area contributed by atoms with E-state index in [1.807, 2.05) is 72.8 Å². The molecule has 262 valence electrons. The van der Waals surface area contributed by atoms with Crippen molar-refractivity contribution >= 4 is 43.7 Å². The van der Waals surface area contributed by atoms with Crippen LogP contribution < -0.4 is 0 Å². The van der Waals surface area contributed by atoms with Gasteiger partial charge in [-0.15, -0.1) is 0 Å². The fourth-order valence-corrected chi connectivity index (χ4v) is 7.93. The Balaban J connectivity index is 1.02. The highest BCUT2D eigenvalue weighted by molar-refractivity contribution is 6.11. The molecule has 0 aliphatic heterocycles. The first-order chi connectivity index (χ1) is 27.7. The molecule has 0 atom stereocenters. The average Bonchev–Trinajstić information content (AvgIpc) is 3.82. The third kappa shape index (κ3) is 5.45. The number of benzene rings is 8. The van der Waals surface area contributed by atoms with E-state index < -0.39 is 0 Å². The number of hydrogen-bond donors (Lipinski definition) is 0. The second kappa shape index (κ2) is 13.0. The Bertz CT molecular complexity index is 3200. The first kappa shape index (κ1) is 31.9. The molecule has 0 aliphatic rings. The van der Waals surface area contributed by atoms with Crippen LogP contribution in [0.2, 0.25) is 0 Å². The largest absolute Gasteiger partial charge is 0.456 e. The fourth-order valence-electron chi connectivity index (χ4n) is 7.93. The van der Waals surface area contributed by atoms with Crippen molar-refractivity contribution < 1.29 is 4.42 Å². The van der Waals surface area contributed by atoms with Gasteiger partial charge in [-0.3, -0.25) is 0 Å². The third-order valence-electron chi connectivity index (χ3n) is 10.6. The highest BCUT2D eigenvalue weighted by atomic mass is 16.3. The van der Waals surface area contributed by atoms with Crippen LogP contribution in [0.25, 0.3) is 106 Å². The first-order valence-corrected chi connectivity index (χ1v) is 18.8. The Hall–Kier alpha value is -7.63. The minimum absolute atomic E-state index is 0.631. The number of furan rings is 1. The smallest absolute Gasteiger partial charge is 0.164 e. The zero-order chi connectivity index (χ0) is 37.0. The molecule has 0 N–H and O–H groups in total. The summed E-state index contributed by atoms with van der Waals surface area (Å²) in [7, 11) is 0. The summed E-state index contributed by atoms with van der Waals surface area (Å²) in [6.45, 7) is 0. The summed E-state index contributed by atoms with van der Waals surface area (Å²) in [6, 6.07) is 67.6. The van der Waals surface area contributed by atoms with Gasteiger partial charge in [0.2, 0.25) is 0 Å². The molecule has 0 fully saturated rings. The Morgan fingerprint density at radius 1 is 0.304 bits per heavy atom. The van der Waals surface area contributed by atoms with Gasteiger partial charge in [0.05, 0.1) is 11.0 Å². The van der Waals surface area contributed by atoms with Gasteiger partial charge in [0.1, 0.15) is 11.2 Å². The zero-order valence-corrected chi connectivity index (χ0v) is 30.2. The molecule has 11 rings (SSSR count). The highest BCUT2D eigenvalue weighted by Gasteiger charge is 2.16. The molecule has 3 aromatic heterocycles. The number of hydrogen-bond acceptors (Lipinski definition) is 4. The molecule has 0 aliphatic carbocycles. The van der Waals surface area contributed by atoms with Gasteiger partial charge in [-0.1, -0.05) is 146 Å². The lowest BCUT2D eigenvalue weighted by molar-refractivity contribution is 0.669. The lowest BCUT2D eigenvalue weighted by Gasteiger charge is -2.12. The minimum Gasteiger partial charge on any atom is -0.456 e. The Kier molecular flexibility index (Phi) is 7.42. The van der Waals surface area contributed by atoms with Crippen molar-refractivity contribution in [2.24, 2.45) is 0 Å². The maximum Gasteiger partial charge on any atom is 0.164 e. The molecule has 11 aromatic rings. The van der Waals surface area contributed by atoms with Crippen LogP contribution >= 0.6 is 0 Å². The van der Waals surface area contributed by atoms with Gasteiger partial charge in [0.25, 0.3) is 0 Å². The predicted octanol–water partition coefficient (Wildman–Crippen LogP) is 13.2. The van der Waals surface area contributed by atoms with Crippen molar-refractivity contribution in [1.29, 1.82) is 0 Å². The minimum atomic E-state index is 0.631. The molecule has 0 saturated carbocycles. The molecule has 0 bridgehead atoms. The van der Waals surface area contributed by atoms with E-state index in [2.05, 4.69) is 126 Å². The topological polar surface area (TPSA) is 56.7 Å². The van der Waals surface area contributed by atoms with Gasteiger partial charge < -0.3 is 8.98 Å². The second-order valence-corrected chi connectivity index (χ2v) is 14.1. The van der Waals surface area contributed by atoms with Crippen molar-refractivity contribution in [3.63, 3.8) is 0 Å². The molecule has 0 amide bonds. The van der Waals surface area contributed by atoms with Crippen molar-refractivity contribution in [3.8, 4) is 62.1 Å². The lowest BCUT2D eigenvalue weighted by Crippen LogP contribution is -2.00. The Morgan fingerprint density at radius 3 is 1.55 bits per heavy atom. The summed E-state index contributed by atoms with van der Waals surface area (Å²) in [5, 5.41) is 4.69. The standard InChI is InChI=1S/C51H32N4O/c1-3-13-33(14-4-1)49-52-50(34-15-5-2-6-16-34)54-51(53-49)39-19-11-17-35(29-39)36-18-12-20-40(30-36)55-45-23-9-7-21-41(45)42-27-25-37(31-46(42)55)38-26-28-44-43-22-8-10-24-47(43)56-48(44)32-38/h1-32H. The number of fused-ring (bicyclic) bond motifs is 6. The molecule has 56 heavy (non-hydrogen) atoms. The quantitative estimate of drug-likeness (QED) is 0.172. The van der Waals surface area contributed by atoms with E-state index in [9.17, 15) is 0 Å². The van der Waals surface area contributed by atoms with E-state index in [1.54, 1.807) is 0 Å². The molecule has 0 radical (unpaired) electrons. The number of aromatic nitrogens is 4. The van der Waals surface area contributed by atoms with Gasteiger partial charge in [-0.25, -0.2) is 15.0 Å². The fraction of sp³-hybridized carbons (Fsp3) is 0. The zero-order valence-electron chi connectivity index (χ0n) is 30.2. The molecule has 5 nitrogen and oxygen atoms in total. The van der Waals surface area contributed by atoms with Crippen LogP contribution in [0.3, 0.4) is 0 Å². The molecule has 5 heteroatoms. The van der Waals surface area contributed by atoms with Crippen LogP contribution in [-0.2, 0) is 0 Å². The highest BCUT2D eigenvalue weighted by Crippen LogP contribution is 2.38. The first-order valence-electron chi connectivity index (χ1n) is 18.8. The van der Waals surface area contributed by atoms with Crippen molar-refractivity contribution in [3.05, 3.63) is 194 Å². The van der Waals surface area contributed by atoms with E-state index in [0.717, 1.165) is 77.6 Å². The summed E-state index contributed by atoms with van der Waals surface area (Å²) in [4.78, 5) is 14.9. The molecule has 0 unspecified atom stereocenters. The third-order valence-corrected chi connectivity index (χ3v) is 10.6. The van der Waals surface area contributed by atoms with Gasteiger partial charge in [-0.05, 0) is 70.8 Å². The maximum atomic E-state index is 6.27. The number of para-hydroxylation sites is 2. The molecule has 8 aromatic carbocycles. The second-order valence-electron chi connectivity index (χ2n) is 14.1. The van der Waals surface area contributed by atoms with E-state index in [0.29, 0.717) is 17.5 Å². The predicted molar refractivity (Wildman–Crippen MR) is 229 cm³/mol. The SMILES string of the molecule is c1ccc(-c2nc(-c3ccccc3)nc(-c3cccc(-c4cccc(-n5c6ccccc6c6ccc(-c7ccc8c(c7)oc7ccccc78)cc65)c4)c3)n2)cc1. The monoisotopic (exact) mass is 716 g/mol. The van der Waals surface area contributed by atoms with Crippen LogP contribution in [0.15, 0.2) is 199 Å². The van der Waals surface area contributed by atoms with Gasteiger partial charge in [-0.2, -0.15) is 0 Å². The molecular weight excluding hydrogens is 685 g/mol. The molecule has 3 heterocycles. The van der Waals surface area contributed by atoms with Crippen LogP contribution in [0.5, 0.6) is 0 Å². The number of nitrogens with zero attached hydrogens (tertiary/aromatic N) is 4. The lowest BCUT2D eigenvalue weighted by atomic mass is 10.0. The van der Waals surface area contributed by atoms with E-state index in [1.165, 1.54) is 10.8 Å². The van der Waals surface area contributed by atoms with E-state index >= 15 is 0 Å². The van der Waals surface area contributed by atoms with Crippen LogP contribution in [-0.4, -0.2) is 19.5 Å². The van der Waals surface area contributed by atoms with Crippen LogP contribution in [0.1, 0.15) is 0 Å². The summed E-state index contributed by atoms with van der Waals surface area (Å²) in [5.74, 6) is 1.92. The molecule has 0 spiro atoms. The normalized spacial score (nSPS) is 11.6. The summed E-state index contributed by atoms with van der Waals surface area (Å²) in [6.07, 6.45) is 0. The Morgan fingerprint density at radius 2 is 0.804 bits per heavy atom. The van der Waals surface area contributed by atoms with Crippen LogP contribution in [0.4, 0.5) is 0 Å². The molecular formula is C51H32N4O. The van der Waals surface area contributed by atoms with Gasteiger partial charge >= 0.3 is 0 Å². The van der Waals surface area contributed by atoms with Gasteiger partial charge in [0, 0.05) is 43.9 Å². The summed E-state index contributed by atoms with van der Waals surface area (Å²) >= 11 is 0. The van der Waals surface area contributed by atoms with Gasteiger partial charge in [0.15, 0.2) is 17.5 Å². The summed E-state index contributed by atoms with van der Waals surface area (Å²) in [5.41, 5.74) is 12.4. The maximum absolute atomic E-state index is 6.27. The Labute approximate surface area is 322 Å². The number of rotatable bonds is 6. The summed E-state index contributed by atoms with van der Waals surface area (Å²) < 4.78 is 8.65. The average molecular weight is 717 g/mol. The van der Waals surface area contributed by atoms with Crippen molar-refractivity contribution in [2.75, 3.05) is 0 Å². The van der Waals surface area contributed by atoms with Crippen molar-refractivity contribution in [1.82, 2.24) is 19.5 Å².